The Bertz CT molecular complexity index is 354. The molecule has 0 aliphatic carbocycles. The van der Waals surface area contributed by atoms with E-state index >= 15 is 0 Å². The van der Waals surface area contributed by atoms with Crippen molar-refractivity contribution in [2.24, 2.45) is 0 Å². The average molecular weight is 218 g/mol. The molecule has 0 unspecified atom stereocenters. The van der Waals surface area contributed by atoms with E-state index in [-0.39, 0.29) is 12.2 Å². The molecule has 5 heteroatoms. The van der Waals surface area contributed by atoms with E-state index in [9.17, 15) is 18.0 Å². The summed E-state index contributed by atoms with van der Waals surface area (Å²) in [6.07, 6.45) is 0.595. The molecule has 1 rings (SSSR count). The molecule has 0 amide bonds. The predicted octanol–water partition coefficient (Wildman–Crippen LogP) is 2.67. The highest BCUT2D eigenvalue weighted by Gasteiger charge is 2.15. The summed E-state index contributed by atoms with van der Waals surface area (Å²) in [5, 5.41) is 0. The molecule has 0 aliphatic rings. The molecule has 0 atom stereocenters. The van der Waals surface area contributed by atoms with Gasteiger partial charge in [0.25, 0.3) is 0 Å². The Morgan fingerprint density at radius 1 is 1.27 bits per heavy atom. The van der Waals surface area contributed by atoms with Crippen LogP contribution in [0.5, 0.6) is 0 Å². The molecule has 0 radical (unpaired) electrons. The van der Waals surface area contributed by atoms with Crippen molar-refractivity contribution in [3.63, 3.8) is 0 Å². The third kappa shape index (κ3) is 2.71. The lowest BCUT2D eigenvalue weighted by atomic mass is 10.2. The van der Waals surface area contributed by atoms with E-state index in [2.05, 4.69) is 4.74 Å². The first-order valence-corrected chi connectivity index (χ1v) is 4.38. The lowest BCUT2D eigenvalue weighted by Gasteiger charge is -2.03. The van der Waals surface area contributed by atoms with E-state index in [1.54, 1.807) is 6.92 Å². The number of carbonyl (C=O) groups excluding carboxylic acids is 1. The van der Waals surface area contributed by atoms with Gasteiger partial charge in [-0.15, -0.1) is 0 Å². The van der Waals surface area contributed by atoms with Gasteiger partial charge in [0.15, 0.2) is 17.5 Å². The van der Waals surface area contributed by atoms with E-state index in [1.165, 1.54) is 0 Å². The molecule has 0 heterocycles. The normalized spacial score (nSPS) is 10.1. The highest BCUT2D eigenvalue weighted by atomic mass is 19.2. The number of hydrogen-bond donors (Lipinski definition) is 0. The van der Waals surface area contributed by atoms with E-state index < -0.39 is 23.4 Å². The first-order valence-electron chi connectivity index (χ1n) is 4.38. The summed E-state index contributed by atoms with van der Waals surface area (Å²) >= 11 is 0. The number of rotatable bonds is 3. The zero-order valence-corrected chi connectivity index (χ0v) is 8.02. The molecule has 0 aromatic heterocycles. The SMILES string of the molecule is CCCOC(=O)c1cc(F)c(F)c(F)c1. The molecule has 0 saturated carbocycles. The fourth-order valence-corrected chi connectivity index (χ4v) is 0.951. The Hall–Kier alpha value is -1.52. The van der Waals surface area contributed by atoms with E-state index in [1.807, 2.05) is 0 Å². The number of benzene rings is 1. The largest absolute Gasteiger partial charge is 0.462 e. The van der Waals surface area contributed by atoms with Crippen LogP contribution < -0.4 is 0 Å². The molecule has 0 N–H and O–H groups in total. The number of esters is 1. The molecular weight excluding hydrogens is 209 g/mol. The minimum Gasteiger partial charge on any atom is -0.462 e. The molecule has 15 heavy (non-hydrogen) atoms. The predicted molar refractivity (Wildman–Crippen MR) is 46.9 cm³/mol. The van der Waals surface area contributed by atoms with Crippen LogP contribution in [0.25, 0.3) is 0 Å². The molecule has 0 fully saturated rings. The van der Waals surface area contributed by atoms with Gasteiger partial charge in [-0.1, -0.05) is 6.92 Å². The second-order valence-electron chi connectivity index (χ2n) is 2.89. The van der Waals surface area contributed by atoms with Gasteiger partial charge in [0.1, 0.15) is 0 Å². The van der Waals surface area contributed by atoms with Crippen LogP contribution in [0.1, 0.15) is 23.7 Å². The Labute approximate surface area is 84.7 Å². The van der Waals surface area contributed by atoms with Gasteiger partial charge in [0.05, 0.1) is 12.2 Å². The molecular formula is C10H9F3O2. The summed E-state index contributed by atoms with van der Waals surface area (Å²) in [4.78, 5) is 11.1. The van der Waals surface area contributed by atoms with Gasteiger partial charge in [0.2, 0.25) is 0 Å². The molecule has 2 nitrogen and oxygen atoms in total. The molecule has 0 saturated heterocycles. The van der Waals surface area contributed by atoms with Crippen LogP contribution in [0.4, 0.5) is 13.2 Å². The van der Waals surface area contributed by atoms with Crippen LogP contribution >= 0.6 is 0 Å². The van der Waals surface area contributed by atoms with Gasteiger partial charge in [-0.2, -0.15) is 0 Å². The zero-order chi connectivity index (χ0) is 11.4. The Morgan fingerprint density at radius 3 is 2.27 bits per heavy atom. The summed E-state index contributed by atoms with van der Waals surface area (Å²) in [6, 6.07) is 1.22. The Kier molecular flexibility index (Phi) is 3.71. The second-order valence-corrected chi connectivity index (χ2v) is 2.89. The maximum absolute atomic E-state index is 12.7. The summed E-state index contributed by atoms with van der Waals surface area (Å²) in [5.74, 6) is -5.27. The molecule has 0 aliphatic heterocycles. The molecule has 0 bridgehead atoms. The van der Waals surface area contributed by atoms with Crippen LogP contribution in [-0.2, 0) is 4.74 Å². The number of carbonyl (C=O) groups is 1. The smallest absolute Gasteiger partial charge is 0.338 e. The second kappa shape index (κ2) is 4.82. The average Bonchev–Trinajstić information content (AvgIpc) is 2.21. The lowest BCUT2D eigenvalue weighted by molar-refractivity contribution is 0.0503. The quantitative estimate of drug-likeness (QED) is 0.576. The zero-order valence-electron chi connectivity index (χ0n) is 8.02. The van der Waals surface area contributed by atoms with Gasteiger partial charge in [0, 0.05) is 0 Å². The van der Waals surface area contributed by atoms with Crippen LogP contribution in [0, 0.1) is 17.5 Å². The fourth-order valence-electron chi connectivity index (χ4n) is 0.951. The summed E-state index contributed by atoms with van der Waals surface area (Å²) in [5.41, 5.74) is -0.333. The van der Waals surface area contributed by atoms with Crippen molar-refractivity contribution in [2.75, 3.05) is 6.61 Å². The first-order chi connectivity index (χ1) is 7.06. The monoisotopic (exact) mass is 218 g/mol. The third-order valence-corrected chi connectivity index (χ3v) is 1.66. The summed E-state index contributed by atoms with van der Waals surface area (Å²) in [6.45, 7) is 1.93. The first kappa shape index (κ1) is 11.6. The minimum atomic E-state index is -1.60. The van der Waals surface area contributed by atoms with Crippen LogP contribution in [0.15, 0.2) is 12.1 Å². The number of halogens is 3. The van der Waals surface area contributed by atoms with Gasteiger partial charge in [-0.3, -0.25) is 0 Å². The van der Waals surface area contributed by atoms with Crippen molar-refractivity contribution in [1.82, 2.24) is 0 Å². The van der Waals surface area contributed by atoms with Gasteiger partial charge in [-0.25, -0.2) is 18.0 Å². The van der Waals surface area contributed by atoms with E-state index in [0.717, 1.165) is 0 Å². The van der Waals surface area contributed by atoms with Gasteiger partial charge >= 0.3 is 5.97 Å². The molecule has 1 aromatic rings. The molecule has 82 valence electrons. The highest BCUT2D eigenvalue weighted by molar-refractivity contribution is 5.89. The maximum atomic E-state index is 12.7. The number of hydrogen-bond acceptors (Lipinski definition) is 2. The molecule has 1 aromatic carbocycles. The minimum absolute atomic E-state index is 0.152. The third-order valence-electron chi connectivity index (χ3n) is 1.66. The Balaban J connectivity index is 2.91. The lowest BCUT2D eigenvalue weighted by Crippen LogP contribution is -2.07. The molecule has 0 spiro atoms. The summed E-state index contributed by atoms with van der Waals surface area (Å²) in [7, 11) is 0. The topological polar surface area (TPSA) is 26.3 Å². The van der Waals surface area contributed by atoms with Crippen molar-refractivity contribution in [1.29, 1.82) is 0 Å². The highest BCUT2D eigenvalue weighted by Crippen LogP contribution is 2.14. The standard InChI is InChI=1S/C10H9F3O2/c1-2-3-15-10(14)6-4-7(11)9(13)8(12)5-6/h4-5H,2-3H2,1H3. The van der Waals surface area contributed by atoms with Crippen LogP contribution in [0.3, 0.4) is 0 Å². The number of ether oxygens (including phenoxy) is 1. The Morgan fingerprint density at radius 2 is 1.80 bits per heavy atom. The fraction of sp³-hybridized carbons (Fsp3) is 0.300. The van der Waals surface area contributed by atoms with E-state index in [4.69, 9.17) is 0 Å². The van der Waals surface area contributed by atoms with E-state index in [0.29, 0.717) is 18.6 Å². The van der Waals surface area contributed by atoms with Crippen molar-refractivity contribution in [2.45, 2.75) is 13.3 Å². The van der Waals surface area contributed by atoms with Crippen molar-refractivity contribution in [3.05, 3.63) is 35.1 Å². The van der Waals surface area contributed by atoms with Crippen molar-refractivity contribution in [3.8, 4) is 0 Å². The van der Waals surface area contributed by atoms with Crippen molar-refractivity contribution >= 4 is 5.97 Å². The van der Waals surface area contributed by atoms with Crippen molar-refractivity contribution < 1.29 is 22.7 Å². The summed E-state index contributed by atoms with van der Waals surface area (Å²) < 4.78 is 42.6. The van der Waals surface area contributed by atoms with Crippen LogP contribution in [-0.4, -0.2) is 12.6 Å². The maximum Gasteiger partial charge on any atom is 0.338 e. The van der Waals surface area contributed by atoms with Gasteiger partial charge in [-0.05, 0) is 18.6 Å². The van der Waals surface area contributed by atoms with Gasteiger partial charge < -0.3 is 4.74 Å². The van der Waals surface area contributed by atoms with Crippen LogP contribution in [0.2, 0.25) is 0 Å².